The van der Waals surface area contributed by atoms with Crippen LogP contribution in [-0.4, -0.2) is 21.6 Å². The number of aromatic nitrogens is 3. The number of benzene rings is 2. The van der Waals surface area contributed by atoms with Crippen molar-refractivity contribution < 1.29 is 13.5 Å². The molecule has 0 unspecified atom stereocenters. The van der Waals surface area contributed by atoms with Crippen molar-refractivity contribution >= 4 is 28.6 Å². The van der Waals surface area contributed by atoms with Crippen LogP contribution in [0.4, 0.5) is 14.7 Å². The summed E-state index contributed by atoms with van der Waals surface area (Å²) < 4.78 is 32.1. The summed E-state index contributed by atoms with van der Waals surface area (Å²) in [5.41, 5.74) is 3.24. The van der Waals surface area contributed by atoms with E-state index in [1.165, 1.54) is 24.3 Å². The Kier molecular flexibility index (Phi) is 5.72. The predicted octanol–water partition coefficient (Wildman–Crippen LogP) is 5.63. The number of nitrogens with zero attached hydrogens (tertiary/aromatic N) is 3. The third-order valence-electron chi connectivity index (χ3n) is 4.38. The molecule has 0 aliphatic heterocycles. The number of nitrogens with one attached hydrogen (secondary N) is 1. The molecule has 4 rings (SSSR count). The van der Waals surface area contributed by atoms with E-state index >= 15 is 0 Å². The van der Waals surface area contributed by atoms with Crippen molar-refractivity contribution in [1.29, 1.82) is 0 Å². The lowest BCUT2D eigenvalue weighted by atomic mass is 10.1. The van der Waals surface area contributed by atoms with Gasteiger partial charge in [0, 0.05) is 17.1 Å². The average Bonchev–Trinajstić information content (AvgIpc) is 2.74. The van der Waals surface area contributed by atoms with Gasteiger partial charge in [-0.2, -0.15) is 4.98 Å². The van der Waals surface area contributed by atoms with Crippen LogP contribution in [0, 0.1) is 11.6 Å². The fourth-order valence-corrected chi connectivity index (χ4v) is 3.16. The molecule has 0 amide bonds. The van der Waals surface area contributed by atoms with Gasteiger partial charge in [0.2, 0.25) is 11.8 Å². The summed E-state index contributed by atoms with van der Waals surface area (Å²) in [4.78, 5) is 13.5. The minimum Gasteiger partial charge on any atom is -0.476 e. The minimum atomic E-state index is -0.396. The summed E-state index contributed by atoms with van der Waals surface area (Å²) in [5, 5.41) is 3.40. The van der Waals surface area contributed by atoms with Crippen molar-refractivity contribution in [3.63, 3.8) is 0 Å². The van der Waals surface area contributed by atoms with Crippen molar-refractivity contribution in [2.45, 2.75) is 13.5 Å². The molecule has 2 aromatic carbocycles. The van der Waals surface area contributed by atoms with Gasteiger partial charge in [0.1, 0.15) is 11.6 Å². The first kappa shape index (κ1) is 20.0. The zero-order chi connectivity index (χ0) is 21.1. The highest BCUT2D eigenvalue weighted by molar-refractivity contribution is 6.31. The van der Waals surface area contributed by atoms with E-state index < -0.39 is 5.82 Å². The number of halogens is 3. The first-order chi connectivity index (χ1) is 14.5. The van der Waals surface area contributed by atoms with Crippen LogP contribution in [0.5, 0.6) is 5.88 Å². The second kappa shape index (κ2) is 8.59. The number of pyridine rings is 1. The molecule has 0 atom stereocenters. The van der Waals surface area contributed by atoms with E-state index in [1.54, 1.807) is 30.3 Å². The smallest absolute Gasteiger partial charge is 0.245 e. The molecule has 0 aliphatic carbocycles. The van der Waals surface area contributed by atoms with Gasteiger partial charge in [0.05, 0.1) is 17.8 Å². The number of fused-ring (bicyclic) bond motifs is 1. The highest BCUT2D eigenvalue weighted by atomic mass is 35.5. The van der Waals surface area contributed by atoms with Crippen LogP contribution in [0.15, 0.2) is 54.6 Å². The molecule has 4 aromatic rings. The molecule has 0 saturated heterocycles. The largest absolute Gasteiger partial charge is 0.476 e. The van der Waals surface area contributed by atoms with Gasteiger partial charge in [-0.25, -0.2) is 18.7 Å². The maximum atomic E-state index is 13.2. The van der Waals surface area contributed by atoms with Crippen LogP contribution in [-0.2, 0) is 6.54 Å². The number of rotatable bonds is 6. The molecule has 8 heteroatoms. The third-order valence-corrected chi connectivity index (χ3v) is 4.74. The lowest BCUT2D eigenvalue weighted by Gasteiger charge is -2.11. The molecule has 0 bridgehead atoms. The quantitative estimate of drug-likeness (QED) is 0.432. The zero-order valence-electron chi connectivity index (χ0n) is 16.0. The van der Waals surface area contributed by atoms with E-state index in [1.807, 2.05) is 6.92 Å². The monoisotopic (exact) mass is 426 g/mol. The standard InChI is InChI=1S/C22H17ClF2N4O/c1-2-30-21-20-19(10-9-18(27-20)13-3-6-15(24)7-4-13)28-22(29-21)26-12-14-5-8-16(25)11-17(14)23/h3-11H,2,12H2,1H3,(H,26,28,29). The van der Waals surface area contributed by atoms with Crippen LogP contribution in [0.3, 0.4) is 0 Å². The van der Waals surface area contributed by atoms with E-state index in [0.717, 1.165) is 5.56 Å². The van der Waals surface area contributed by atoms with Crippen molar-refractivity contribution in [3.05, 3.63) is 76.8 Å². The zero-order valence-corrected chi connectivity index (χ0v) is 16.8. The van der Waals surface area contributed by atoms with Crippen LogP contribution >= 0.6 is 11.6 Å². The molecule has 2 aromatic heterocycles. The molecular weight excluding hydrogens is 410 g/mol. The normalized spacial score (nSPS) is 10.9. The van der Waals surface area contributed by atoms with Gasteiger partial charge in [-0.15, -0.1) is 0 Å². The van der Waals surface area contributed by atoms with E-state index in [4.69, 9.17) is 16.3 Å². The molecule has 1 N–H and O–H groups in total. The fourth-order valence-electron chi connectivity index (χ4n) is 2.92. The van der Waals surface area contributed by atoms with Gasteiger partial charge in [-0.1, -0.05) is 17.7 Å². The Morgan fingerprint density at radius 2 is 1.70 bits per heavy atom. The van der Waals surface area contributed by atoms with E-state index in [0.29, 0.717) is 52.3 Å². The number of anilines is 1. The maximum Gasteiger partial charge on any atom is 0.245 e. The van der Waals surface area contributed by atoms with E-state index in [-0.39, 0.29) is 5.82 Å². The van der Waals surface area contributed by atoms with Crippen LogP contribution in [0.25, 0.3) is 22.3 Å². The summed E-state index contributed by atoms with van der Waals surface area (Å²) in [5.74, 6) is -0.0379. The SMILES string of the molecule is CCOc1nc(NCc2ccc(F)cc2Cl)nc2ccc(-c3ccc(F)cc3)nc12. The predicted molar refractivity (Wildman–Crippen MR) is 113 cm³/mol. The Bertz CT molecular complexity index is 1200. The minimum absolute atomic E-state index is 0.310. The molecule has 5 nitrogen and oxygen atoms in total. The average molecular weight is 427 g/mol. The highest BCUT2D eigenvalue weighted by Crippen LogP contribution is 2.27. The van der Waals surface area contributed by atoms with Crippen LogP contribution in [0.2, 0.25) is 5.02 Å². The lowest BCUT2D eigenvalue weighted by Crippen LogP contribution is -2.07. The number of hydrogen-bond donors (Lipinski definition) is 1. The first-order valence-electron chi connectivity index (χ1n) is 9.29. The van der Waals surface area contributed by atoms with E-state index in [2.05, 4.69) is 20.3 Å². The van der Waals surface area contributed by atoms with Gasteiger partial charge in [-0.05, 0) is 61.0 Å². The molecular formula is C22H17ClF2N4O. The van der Waals surface area contributed by atoms with Gasteiger partial charge in [0.15, 0.2) is 5.52 Å². The topological polar surface area (TPSA) is 59.9 Å². The van der Waals surface area contributed by atoms with Crippen molar-refractivity contribution in [1.82, 2.24) is 15.0 Å². The second-order valence-electron chi connectivity index (χ2n) is 6.45. The molecule has 0 saturated carbocycles. The molecule has 152 valence electrons. The Morgan fingerprint density at radius 3 is 2.43 bits per heavy atom. The summed E-state index contributed by atoms with van der Waals surface area (Å²) in [6, 6.07) is 13.9. The summed E-state index contributed by atoms with van der Waals surface area (Å²) >= 11 is 6.08. The molecule has 0 spiro atoms. The van der Waals surface area contributed by atoms with Crippen molar-refractivity contribution in [2.75, 3.05) is 11.9 Å². The van der Waals surface area contributed by atoms with Gasteiger partial charge < -0.3 is 10.1 Å². The van der Waals surface area contributed by atoms with E-state index in [9.17, 15) is 8.78 Å². The number of ether oxygens (including phenoxy) is 1. The molecule has 0 aliphatic rings. The summed E-state index contributed by atoms with van der Waals surface area (Å²) in [6.07, 6.45) is 0. The molecule has 30 heavy (non-hydrogen) atoms. The van der Waals surface area contributed by atoms with Gasteiger partial charge in [0.25, 0.3) is 0 Å². The lowest BCUT2D eigenvalue weighted by molar-refractivity contribution is 0.330. The van der Waals surface area contributed by atoms with Gasteiger partial charge in [-0.3, -0.25) is 0 Å². The van der Waals surface area contributed by atoms with Crippen LogP contribution in [0.1, 0.15) is 12.5 Å². The van der Waals surface area contributed by atoms with Gasteiger partial charge >= 0.3 is 0 Å². The molecule has 0 fully saturated rings. The Balaban J connectivity index is 1.67. The summed E-state index contributed by atoms with van der Waals surface area (Å²) in [6.45, 7) is 2.57. The summed E-state index contributed by atoms with van der Waals surface area (Å²) in [7, 11) is 0. The van der Waals surface area contributed by atoms with Crippen LogP contribution < -0.4 is 10.1 Å². The third kappa shape index (κ3) is 4.31. The Morgan fingerprint density at radius 1 is 0.933 bits per heavy atom. The Labute approximate surface area is 176 Å². The second-order valence-corrected chi connectivity index (χ2v) is 6.85. The fraction of sp³-hybridized carbons (Fsp3) is 0.136. The Hall–Kier alpha value is -3.32. The first-order valence-corrected chi connectivity index (χ1v) is 9.66. The number of hydrogen-bond acceptors (Lipinski definition) is 5. The van der Waals surface area contributed by atoms with Crippen molar-refractivity contribution in [2.24, 2.45) is 0 Å². The van der Waals surface area contributed by atoms with Crippen molar-refractivity contribution in [3.8, 4) is 17.1 Å². The molecule has 0 radical (unpaired) electrons. The molecule has 2 heterocycles. The highest BCUT2D eigenvalue weighted by Gasteiger charge is 2.13. The maximum absolute atomic E-state index is 13.2.